The maximum atomic E-state index is 12.4. The molecular formula is C23H21N3O4. The molecule has 0 unspecified atom stereocenters. The quantitative estimate of drug-likeness (QED) is 0.420. The van der Waals surface area contributed by atoms with Crippen LogP contribution in [-0.2, 0) is 11.3 Å². The number of carbonyl (C=O) groups is 1. The third kappa shape index (κ3) is 4.10. The van der Waals surface area contributed by atoms with E-state index >= 15 is 0 Å². The first-order valence-corrected chi connectivity index (χ1v) is 9.62. The lowest BCUT2D eigenvalue weighted by Crippen LogP contribution is -2.09. The lowest BCUT2D eigenvalue weighted by atomic mass is 10.2. The number of ether oxygens (including phenoxy) is 2. The van der Waals surface area contributed by atoms with Gasteiger partial charge in [0.05, 0.1) is 18.5 Å². The minimum absolute atomic E-state index is 0.116. The summed E-state index contributed by atoms with van der Waals surface area (Å²) in [5.41, 5.74) is 2.46. The molecule has 4 rings (SSSR count). The van der Waals surface area contributed by atoms with Crippen LogP contribution < -0.4 is 4.74 Å². The molecule has 0 aliphatic rings. The third-order valence-corrected chi connectivity index (χ3v) is 4.45. The maximum Gasteiger partial charge on any atom is 0.362 e. The summed E-state index contributed by atoms with van der Waals surface area (Å²) in [6.07, 6.45) is 1.66. The van der Waals surface area contributed by atoms with Crippen molar-refractivity contribution in [3.63, 3.8) is 0 Å². The van der Waals surface area contributed by atoms with Gasteiger partial charge in [0.15, 0.2) is 5.75 Å². The Morgan fingerprint density at radius 2 is 1.77 bits per heavy atom. The van der Waals surface area contributed by atoms with Crippen LogP contribution >= 0.6 is 0 Å². The Balaban J connectivity index is 1.59. The van der Waals surface area contributed by atoms with E-state index in [9.17, 15) is 4.79 Å². The molecule has 30 heavy (non-hydrogen) atoms. The molecule has 7 nitrogen and oxygen atoms in total. The van der Waals surface area contributed by atoms with Crippen molar-refractivity contribution in [2.75, 3.05) is 6.61 Å². The molecule has 0 spiro atoms. The zero-order valence-corrected chi connectivity index (χ0v) is 16.7. The number of hydrogen-bond donors (Lipinski definition) is 0. The molecule has 0 radical (unpaired) electrons. The first-order valence-electron chi connectivity index (χ1n) is 9.62. The number of oxazole rings is 1. The highest BCUT2D eigenvalue weighted by Crippen LogP contribution is 2.25. The molecule has 2 aromatic carbocycles. The van der Waals surface area contributed by atoms with Crippen LogP contribution in [0.25, 0.3) is 17.1 Å². The Bertz CT molecular complexity index is 1130. The van der Waals surface area contributed by atoms with E-state index in [1.165, 1.54) is 0 Å². The number of aromatic nitrogens is 3. The molecule has 152 valence electrons. The maximum absolute atomic E-state index is 12.4. The van der Waals surface area contributed by atoms with Gasteiger partial charge >= 0.3 is 5.97 Å². The van der Waals surface area contributed by atoms with Crippen molar-refractivity contribution in [1.82, 2.24) is 14.8 Å². The Morgan fingerprint density at radius 3 is 2.47 bits per heavy atom. The SMILES string of the molecule is CCOC(=O)c1nn(-c2ccccc2)cc1OCc1nc(-c2ccccc2)oc1C. The van der Waals surface area contributed by atoms with Gasteiger partial charge in [-0.1, -0.05) is 36.4 Å². The minimum atomic E-state index is -0.538. The van der Waals surface area contributed by atoms with Crippen LogP contribution in [0.2, 0.25) is 0 Å². The van der Waals surface area contributed by atoms with Gasteiger partial charge in [0.1, 0.15) is 18.1 Å². The number of aryl methyl sites for hydroxylation is 1. The zero-order valence-electron chi connectivity index (χ0n) is 16.7. The lowest BCUT2D eigenvalue weighted by Gasteiger charge is -2.04. The molecule has 2 aromatic heterocycles. The molecule has 2 heterocycles. The van der Waals surface area contributed by atoms with Crippen molar-refractivity contribution in [2.24, 2.45) is 0 Å². The van der Waals surface area contributed by atoms with Crippen LogP contribution in [-0.4, -0.2) is 27.3 Å². The summed E-state index contributed by atoms with van der Waals surface area (Å²) in [6, 6.07) is 19.1. The second kappa shape index (κ2) is 8.65. The normalized spacial score (nSPS) is 10.7. The fourth-order valence-corrected chi connectivity index (χ4v) is 2.93. The van der Waals surface area contributed by atoms with Crippen LogP contribution in [0.3, 0.4) is 0 Å². The summed E-state index contributed by atoms with van der Waals surface area (Å²) >= 11 is 0. The van der Waals surface area contributed by atoms with E-state index in [2.05, 4.69) is 10.1 Å². The summed E-state index contributed by atoms with van der Waals surface area (Å²) in [6.45, 7) is 3.96. The van der Waals surface area contributed by atoms with Crippen LogP contribution in [0, 0.1) is 6.92 Å². The van der Waals surface area contributed by atoms with Crippen LogP contribution in [0.4, 0.5) is 0 Å². The van der Waals surface area contributed by atoms with Gasteiger partial charge in [0.25, 0.3) is 0 Å². The van der Waals surface area contributed by atoms with E-state index in [1.54, 1.807) is 17.8 Å². The molecule has 0 saturated carbocycles. The molecule has 0 amide bonds. The zero-order chi connectivity index (χ0) is 20.9. The molecule has 0 N–H and O–H groups in total. The van der Waals surface area contributed by atoms with E-state index in [1.807, 2.05) is 67.6 Å². The molecule has 0 aliphatic heterocycles. The summed E-state index contributed by atoms with van der Waals surface area (Å²) in [5, 5.41) is 4.36. The first kappa shape index (κ1) is 19.4. The van der Waals surface area contributed by atoms with Gasteiger partial charge in [-0.2, -0.15) is 5.10 Å². The third-order valence-electron chi connectivity index (χ3n) is 4.45. The molecule has 0 aliphatic carbocycles. The van der Waals surface area contributed by atoms with Crippen molar-refractivity contribution >= 4 is 5.97 Å². The average molecular weight is 403 g/mol. The van der Waals surface area contributed by atoms with Gasteiger partial charge in [0.2, 0.25) is 11.6 Å². The molecular weight excluding hydrogens is 382 g/mol. The molecule has 4 aromatic rings. The highest BCUT2D eigenvalue weighted by Gasteiger charge is 2.21. The number of hydrogen-bond acceptors (Lipinski definition) is 6. The van der Waals surface area contributed by atoms with Crippen LogP contribution in [0.1, 0.15) is 28.9 Å². The number of para-hydroxylation sites is 1. The molecule has 0 bridgehead atoms. The van der Waals surface area contributed by atoms with Crippen LogP contribution in [0.5, 0.6) is 5.75 Å². The summed E-state index contributed by atoms with van der Waals surface area (Å²) in [5.74, 6) is 0.962. The number of nitrogens with zero attached hydrogens (tertiary/aromatic N) is 3. The summed E-state index contributed by atoms with van der Waals surface area (Å²) in [7, 11) is 0. The fraction of sp³-hybridized carbons (Fsp3) is 0.174. The predicted octanol–water partition coefficient (Wildman–Crippen LogP) is 4.59. The van der Waals surface area contributed by atoms with Gasteiger partial charge in [0, 0.05) is 5.56 Å². The molecule has 0 saturated heterocycles. The van der Waals surface area contributed by atoms with E-state index < -0.39 is 5.97 Å². The topological polar surface area (TPSA) is 79.4 Å². The number of benzene rings is 2. The molecule has 0 fully saturated rings. The minimum Gasteiger partial charge on any atom is -0.483 e. The standard InChI is InChI=1S/C23H21N3O4/c1-3-28-23(27)21-20(14-26(25-21)18-12-8-5-9-13-18)29-15-19-16(2)30-22(24-19)17-10-6-4-7-11-17/h4-14H,3,15H2,1-2H3. The number of esters is 1. The molecule has 0 atom stereocenters. The van der Waals surface area contributed by atoms with Crippen molar-refractivity contribution in [3.05, 3.63) is 84.0 Å². The van der Waals surface area contributed by atoms with E-state index in [0.717, 1.165) is 11.3 Å². The van der Waals surface area contributed by atoms with Crippen molar-refractivity contribution in [1.29, 1.82) is 0 Å². The second-order valence-corrected chi connectivity index (χ2v) is 6.52. The van der Waals surface area contributed by atoms with Crippen LogP contribution in [0.15, 0.2) is 71.3 Å². The van der Waals surface area contributed by atoms with Gasteiger partial charge in [-0.3, -0.25) is 0 Å². The predicted molar refractivity (Wildman–Crippen MR) is 111 cm³/mol. The van der Waals surface area contributed by atoms with E-state index in [4.69, 9.17) is 13.9 Å². The molecule has 7 heteroatoms. The Labute approximate surface area is 173 Å². The van der Waals surface area contributed by atoms with E-state index in [0.29, 0.717) is 23.1 Å². The van der Waals surface area contributed by atoms with Crippen molar-refractivity contribution in [2.45, 2.75) is 20.5 Å². The summed E-state index contributed by atoms with van der Waals surface area (Å²) < 4.78 is 18.4. The van der Waals surface area contributed by atoms with Gasteiger partial charge < -0.3 is 13.9 Å². The highest BCUT2D eigenvalue weighted by atomic mass is 16.5. The first-order chi connectivity index (χ1) is 14.7. The Kier molecular flexibility index (Phi) is 5.61. The monoisotopic (exact) mass is 403 g/mol. The highest BCUT2D eigenvalue weighted by molar-refractivity contribution is 5.90. The average Bonchev–Trinajstić information content (AvgIpc) is 3.37. The fourth-order valence-electron chi connectivity index (χ4n) is 2.93. The Hall–Kier alpha value is -3.87. The summed E-state index contributed by atoms with van der Waals surface area (Å²) in [4.78, 5) is 16.9. The van der Waals surface area contributed by atoms with E-state index in [-0.39, 0.29) is 18.9 Å². The number of carbonyl (C=O) groups excluding carboxylic acids is 1. The second-order valence-electron chi connectivity index (χ2n) is 6.52. The largest absolute Gasteiger partial charge is 0.483 e. The van der Waals surface area contributed by atoms with Crippen molar-refractivity contribution in [3.8, 4) is 22.9 Å². The van der Waals surface area contributed by atoms with Gasteiger partial charge in [-0.05, 0) is 38.1 Å². The Morgan fingerprint density at radius 1 is 1.07 bits per heavy atom. The van der Waals surface area contributed by atoms with Gasteiger partial charge in [-0.15, -0.1) is 0 Å². The smallest absolute Gasteiger partial charge is 0.362 e. The number of rotatable bonds is 7. The lowest BCUT2D eigenvalue weighted by molar-refractivity contribution is 0.0514. The van der Waals surface area contributed by atoms with Gasteiger partial charge in [-0.25, -0.2) is 14.5 Å². The van der Waals surface area contributed by atoms with Crippen molar-refractivity contribution < 1.29 is 18.7 Å².